The second-order valence-corrected chi connectivity index (χ2v) is 7.27. The number of esters is 1. The van der Waals surface area contributed by atoms with Gasteiger partial charge in [0.1, 0.15) is 12.6 Å². The lowest BCUT2D eigenvalue weighted by Crippen LogP contribution is -2.41. The van der Waals surface area contributed by atoms with Gasteiger partial charge in [-0.2, -0.15) is 0 Å². The summed E-state index contributed by atoms with van der Waals surface area (Å²) in [6.07, 6.45) is 1.69. The topological polar surface area (TPSA) is 29.5 Å². The summed E-state index contributed by atoms with van der Waals surface area (Å²) in [5.74, 6) is -0.150. The van der Waals surface area contributed by atoms with Crippen molar-refractivity contribution in [1.82, 2.24) is 4.90 Å². The number of hydrogen-bond acceptors (Lipinski definition) is 3. The fraction of sp³-hybridized carbons (Fsp3) is 0.269. The lowest BCUT2D eigenvalue weighted by atomic mass is 10.1. The fourth-order valence-electron chi connectivity index (χ4n) is 3.46. The van der Waals surface area contributed by atoms with Gasteiger partial charge in [-0.1, -0.05) is 104 Å². The van der Waals surface area contributed by atoms with Crippen molar-refractivity contribution in [2.75, 3.05) is 0 Å². The van der Waals surface area contributed by atoms with Crippen molar-refractivity contribution >= 4 is 5.97 Å². The summed E-state index contributed by atoms with van der Waals surface area (Å²) in [6, 6.07) is 30.2. The Kier molecular flexibility index (Phi) is 8.02. The molecule has 1 atom stereocenters. The number of rotatable bonds is 10. The van der Waals surface area contributed by atoms with Crippen LogP contribution in [0.15, 0.2) is 91.0 Å². The maximum atomic E-state index is 13.1. The average molecular weight is 388 g/mol. The van der Waals surface area contributed by atoms with Crippen LogP contribution in [0.4, 0.5) is 0 Å². The van der Waals surface area contributed by atoms with Crippen LogP contribution < -0.4 is 0 Å². The van der Waals surface area contributed by atoms with E-state index in [1.165, 1.54) is 11.1 Å². The van der Waals surface area contributed by atoms with E-state index >= 15 is 0 Å². The van der Waals surface area contributed by atoms with Crippen molar-refractivity contribution in [3.63, 3.8) is 0 Å². The van der Waals surface area contributed by atoms with Crippen molar-refractivity contribution in [2.24, 2.45) is 0 Å². The first-order valence-electron chi connectivity index (χ1n) is 10.3. The standard InChI is InChI=1S/C26H29NO2/c1-2-12-25(26(28)29-21-24-17-10-5-11-18-24)27(19-22-13-6-3-7-14-22)20-23-15-8-4-9-16-23/h3-11,13-18,25H,2,12,19-21H2,1H3. The summed E-state index contributed by atoms with van der Waals surface area (Å²) in [5.41, 5.74) is 3.40. The summed E-state index contributed by atoms with van der Waals surface area (Å²) in [6.45, 7) is 3.84. The smallest absolute Gasteiger partial charge is 0.323 e. The van der Waals surface area contributed by atoms with Crippen LogP contribution in [0.25, 0.3) is 0 Å². The summed E-state index contributed by atoms with van der Waals surface area (Å²) >= 11 is 0. The van der Waals surface area contributed by atoms with Gasteiger partial charge in [0.15, 0.2) is 0 Å². The third-order valence-electron chi connectivity index (χ3n) is 4.96. The van der Waals surface area contributed by atoms with Crippen LogP contribution >= 0.6 is 0 Å². The molecule has 0 amide bonds. The van der Waals surface area contributed by atoms with E-state index < -0.39 is 0 Å². The Hall–Kier alpha value is -2.91. The van der Waals surface area contributed by atoms with Crippen LogP contribution in [0.3, 0.4) is 0 Å². The maximum absolute atomic E-state index is 13.1. The highest BCUT2D eigenvalue weighted by Gasteiger charge is 2.27. The molecule has 0 aliphatic heterocycles. The minimum Gasteiger partial charge on any atom is -0.460 e. The summed E-state index contributed by atoms with van der Waals surface area (Å²) < 4.78 is 5.72. The molecule has 0 aliphatic rings. The lowest BCUT2D eigenvalue weighted by Gasteiger charge is -2.30. The first-order valence-corrected chi connectivity index (χ1v) is 10.3. The van der Waals surface area contributed by atoms with Crippen LogP contribution in [-0.2, 0) is 29.2 Å². The predicted octanol–water partition coefficient (Wildman–Crippen LogP) is 5.60. The van der Waals surface area contributed by atoms with Gasteiger partial charge in [-0.05, 0) is 23.1 Å². The zero-order valence-electron chi connectivity index (χ0n) is 17.0. The Labute approximate surface area is 174 Å². The molecule has 0 bridgehead atoms. The summed E-state index contributed by atoms with van der Waals surface area (Å²) in [5, 5.41) is 0. The maximum Gasteiger partial charge on any atom is 0.323 e. The van der Waals surface area contributed by atoms with Crippen LogP contribution in [0.1, 0.15) is 36.5 Å². The molecule has 0 saturated carbocycles. The molecular formula is C26H29NO2. The molecule has 0 aliphatic carbocycles. The molecule has 0 fully saturated rings. The number of hydrogen-bond donors (Lipinski definition) is 0. The molecule has 3 nitrogen and oxygen atoms in total. The molecule has 3 heteroatoms. The minimum atomic E-state index is -0.274. The molecule has 0 N–H and O–H groups in total. The molecule has 3 aromatic rings. The number of nitrogens with zero attached hydrogens (tertiary/aromatic N) is 1. The van der Waals surface area contributed by atoms with Gasteiger partial charge in [-0.25, -0.2) is 0 Å². The second-order valence-electron chi connectivity index (χ2n) is 7.27. The highest BCUT2D eigenvalue weighted by atomic mass is 16.5. The number of ether oxygens (including phenoxy) is 1. The first kappa shape index (κ1) is 20.8. The molecule has 0 aromatic heterocycles. The Morgan fingerprint density at radius 3 is 1.66 bits per heavy atom. The Bertz CT molecular complexity index is 808. The van der Waals surface area contributed by atoms with Crippen LogP contribution in [0.5, 0.6) is 0 Å². The molecular weight excluding hydrogens is 358 g/mol. The van der Waals surface area contributed by atoms with Gasteiger partial charge in [0, 0.05) is 13.1 Å². The van der Waals surface area contributed by atoms with Gasteiger partial charge in [-0.15, -0.1) is 0 Å². The van der Waals surface area contributed by atoms with E-state index in [9.17, 15) is 4.79 Å². The monoisotopic (exact) mass is 387 g/mol. The van der Waals surface area contributed by atoms with Crippen LogP contribution in [-0.4, -0.2) is 16.9 Å². The van der Waals surface area contributed by atoms with Gasteiger partial charge in [0.2, 0.25) is 0 Å². The Balaban J connectivity index is 1.77. The van der Waals surface area contributed by atoms with E-state index in [-0.39, 0.29) is 12.0 Å². The van der Waals surface area contributed by atoms with E-state index in [1.807, 2.05) is 66.7 Å². The van der Waals surface area contributed by atoms with Gasteiger partial charge in [0.05, 0.1) is 0 Å². The minimum absolute atomic E-state index is 0.150. The third kappa shape index (κ3) is 6.58. The van der Waals surface area contributed by atoms with Gasteiger partial charge < -0.3 is 4.74 Å². The molecule has 150 valence electrons. The SMILES string of the molecule is CCCC(C(=O)OCc1ccccc1)N(Cc1ccccc1)Cc1ccccc1. The van der Waals surface area contributed by atoms with E-state index in [0.29, 0.717) is 19.7 Å². The third-order valence-corrected chi connectivity index (χ3v) is 4.96. The van der Waals surface area contributed by atoms with E-state index in [2.05, 4.69) is 36.1 Å². The molecule has 0 spiro atoms. The molecule has 0 heterocycles. The molecule has 3 aromatic carbocycles. The molecule has 1 unspecified atom stereocenters. The average Bonchev–Trinajstić information content (AvgIpc) is 2.77. The van der Waals surface area contributed by atoms with Gasteiger partial charge in [-0.3, -0.25) is 9.69 Å². The zero-order valence-corrected chi connectivity index (χ0v) is 17.0. The largest absolute Gasteiger partial charge is 0.460 e. The molecule has 0 saturated heterocycles. The van der Waals surface area contributed by atoms with Crippen molar-refractivity contribution in [2.45, 2.75) is 45.5 Å². The van der Waals surface area contributed by atoms with Crippen LogP contribution in [0, 0.1) is 0 Å². The Morgan fingerprint density at radius 1 is 0.759 bits per heavy atom. The quantitative estimate of drug-likeness (QED) is 0.424. The molecule has 29 heavy (non-hydrogen) atoms. The second kappa shape index (κ2) is 11.2. The van der Waals surface area contributed by atoms with Crippen molar-refractivity contribution in [3.8, 4) is 0 Å². The van der Waals surface area contributed by atoms with Gasteiger partial charge >= 0.3 is 5.97 Å². The number of carbonyl (C=O) groups excluding carboxylic acids is 1. The van der Waals surface area contributed by atoms with Crippen LogP contribution in [0.2, 0.25) is 0 Å². The van der Waals surface area contributed by atoms with E-state index in [4.69, 9.17) is 4.74 Å². The van der Waals surface area contributed by atoms with E-state index in [1.54, 1.807) is 0 Å². The predicted molar refractivity (Wildman–Crippen MR) is 117 cm³/mol. The summed E-state index contributed by atoms with van der Waals surface area (Å²) in [4.78, 5) is 15.3. The van der Waals surface area contributed by atoms with Crippen molar-refractivity contribution in [3.05, 3.63) is 108 Å². The first-order chi connectivity index (χ1) is 14.3. The van der Waals surface area contributed by atoms with Crippen molar-refractivity contribution < 1.29 is 9.53 Å². The van der Waals surface area contributed by atoms with Crippen molar-refractivity contribution in [1.29, 1.82) is 0 Å². The molecule has 3 rings (SSSR count). The van der Waals surface area contributed by atoms with Gasteiger partial charge in [0.25, 0.3) is 0 Å². The number of carbonyl (C=O) groups is 1. The highest BCUT2D eigenvalue weighted by molar-refractivity contribution is 5.75. The van der Waals surface area contributed by atoms with E-state index in [0.717, 1.165) is 18.4 Å². The summed E-state index contributed by atoms with van der Waals surface area (Å²) in [7, 11) is 0. The number of benzene rings is 3. The highest BCUT2D eigenvalue weighted by Crippen LogP contribution is 2.18. The zero-order chi connectivity index (χ0) is 20.3. The molecule has 0 radical (unpaired) electrons. The Morgan fingerprint density at radius 2 is 1.21 bits per heavy atom. The lowest BCUT2D eigenvalue weighted by molar-refractivity contribution is -0.152. The fourth-order valence-corrected chi connectivity index (χ4v) is 3.46. The normalized spacial score (nSPS) is 11.9.